The highest BCUT2D eigenvalue weighted by Crippen LogP contribution is 2.26. The third-order valence-corrected chi connectivity index (χ3v) is 5.30. The minimum Gasteiger partial charge on any atom is -0.497 e. The number of methoxy groups -OCH3 is 1. The fraction of sp³-hybridized carbons (Fsp3) is 0.421. The van der Waals surface area contributed by atoms with E-state index < -0.39 is 12.1 Å². The Kier molecular flexibility index (Phi) is 5.88. The van der Waals surface area contributed by atoms with Crippen LogP contribution in [0.4, 0.5) is 0 Å². The summed E-state index contributed by atoms with van der Waals surface area (Å²) in [7, 11) is 1.61. The number of hydrogen-bond acceptors (Lipinski definition) is 6. The molecule has 1 saturated carbocycles. The van der Waals surface area contributed by atoms with Gasteiger partial charge < -0.3 is 14.8 Å². The van der Waals surface area contributed by atoms with E-state index >= 15 is 0 Å². The zero-order chi connectivity index (χ0) is 18.5. The molecule has 3 rings (SSSR count). The maximum absolute atomic E-state index is 12.3. The number of amides is 1. The Balaban J connectivity index is 1.59. The summed E-state index contributed by atoms with van der Waals surface area (Å²) in [6.07, 6.45) is 3.40. The van der Waals surface area contributed by atoms with Crippen LogP contribution in [0.1, 0.15) is 43.1 Å². The molecule has 1 aromatic heterocycles. The van der Waals surface area contributed by atoms with Crippen LogP contribution >= 0.6 is 11.3 Å². The molecular weight excluding hydrogens is 352 g/mol. The minimum absolute atomic E-state index is 0.199. The first-order chi connectivity index (χ1) is 12.6. The standard InChI is InChI=1S/C19H22N2O4S/c1-12(17(22)20-14-5-3-4-6-14)25-19(23)16-11-26-18(21-16)13-7-9-15(24-2)10-8-13/h7-12,14H,3-6H2,1-2H3,(H,20,22)/t12-/m1/s1. The zero-order valence-corrected chi connectivity index (χ0v) is 15.7. The van der Waals surface area contributed by atoms with E-state index in [1.165, 1.54) is 11.3 Å². The van der Waals surface area contributed by atoms with Gasteiger partial charge in [-0.25, -0.2) is 9.78 Å². The number of carbonyl (C=O) groups excluding carboxylic acids is 2. The van der Waals surface area contributed by atoms with Gasteiger partial charge in [-0.05, 0) is 44.0 Å². The maximum Gasteiger partial charge on any atom is 0.358 e. The Hall–Kier alpha value is -2.41. The number of ether oxygens (including phenoxy) is 2. The Morgan fingerprint density at radius 3 is 2.58 bits per heavy atom. The Morgan fingerprint density at radius 2 is 1.92 bits per heavy atom. The van der Waals surface area contributed by atoms with Gasteiger partial charge in [0, 0.05) is 17.0 Å². The molecule has 6 nitrogen and oxygen atoms in total. The van der Waals surface area contributed by atoms with E-state index in [1.807, 2.05) is 24.3 Å². The summed E-state index contributed by atoms with van der Waals surface area (Å²) >= 11 is 1.35. The predicted molar refractivity (Wildman–Crippen MR) is 99.4 cm³/mol. The molecule has 1 N–H and O–H groups in total. The molecule has 1 heterocycles. The van der Waals surface area contributed by atoms with Crippen LogP contribution in [0.25, 0.3) is 10.6 Å². The van der Waals surface area contributed by atoms with Gasteiger partial charge in [-0.15, -0.1) is 11.3 Å². The first-order valence-corrected chi connectivity index (χ1v) is 9.56. The number of hydrogen-bond donors (Lipinski definition) is 1. The molecule has 0 radical (unpaired) electrons. The maximum atomic E-state index is 12.3. The van der Waals surface area contributed by atoms with Crippen molar-refractivity contribution in [3.8, 4) is 16.3 Å². The molecular formula is C19H22N2O4S. The number of nitrogens with one attached hydrogen (secondary N) is 1. The van der Waals surface area contributed by atoms with E-state index in [0.717, 1.165) is 37.0 Å². The fourth-order valence-electron chi connectivity index (χ4n) is 2.90. The lowest BCUT2D eigenvalue weighted by Gasteiger charge is -2.16. The highest BCUT2D eigenvalue weighted by Gasteiger charge is 2.24. The smallest absolute Gasteiger partial charge is 0.358 e. The molecule has 1 fully saturated rings. The van der Waals surface area contributed by atoms with E-state index in [2.05, 4.69) is 10.3 Å². The van der Waals surface area contributed by atoms with Crippen molar-refractivity contribution in [2.45, 2.75) is 44.8 Å². The van der Waals surface area contributed by atoms with Gasteiger partial charge >= 0.3 is 5.97 Å². The van der Waals surface area contributed by atoms with Gasteiger partial charge in [0.05, 0.1) is 7.11 Å². The SMILES string of the molecule is COc1ccc(-c2nc(C(=O)O[C@H](C)C(=O)NC3CCCC3)cs2)cc1. The summed E-state index contributed by atoms with van der Waals surface area (Å²) < 4.78 is 10.4. The summed E-state index contributed by atoms with van der Waals surface area (Å²) in [6.45, 7) is 1.58. The number of nitrogens with zero attached hydrogens (tertiary/aromatic N) is 1. The van der Waals surface area contributed by atoms with Crippen LogP contribution < -0.4 is 10.1 Å². The minimum atomic E-state index is -0.839. The van der Waals surface area contributed by atoms with Gasteiger partial charge in [-0.1, -0.05) is 12.8 Å². The second kappa shape index (κ2) is 8.31. The Morgan fingerprint density at radius 1 is 1.23 bits per heavy atom. The molecule has 26 heavy (non-hydrogen) atoms. The number of esters is 1. The summed E-state index contributed by atoms with van der Waals surface area (Å²) in [4.78, 5) is 28.7. The molecule has 0 unspecified atom stereocenters. The van der Waals surface area contributed by atoms with Crippen LogP contribution in [0.2, 0.25) is 0 Å². The number of thiazole rings is 1. The summed E-state index contributed by atoms with van der Waals surface area (Å²) in [6, 6.07) is 7.63. The molecule has 0 spiro atoms. The molecule has 0 bridgehead atoms. The number of carbonyl (C=O) groups is 2. The Labute approximate surface area is 156 Å². The molecule has 7 heteroatoms. The van der Waals surface area contributed by atoms with Gasteiger partial charge in [-0.3, -0.25) is 4.79 Å². The van der Waals surface area contributed by atoms with E-state index in [4.69, 9.17) is 9.47 Å². The molecule has 138 valence electrons. The van der Waals surface area contributed by atoms with Crippen LogP contribution in [-0.2, 0) is 9.53 Å². The molecule has 1 aromatic carbocycles. The first-order valence-electron chi connectivity index (χ1n) is 8.68. The molecule has 1 aliphatic rings. The molecule has 2 aromatic rings. The summed E-state index contributed by atoms with van der Waals surface area (Å²) in [5.41, 5.74) is 1.10. The van der Waals surface area contributed by atoms with Gasteiger partial charge in [0.15, 0.2) is 11.8 Å². The van der Waals surface area contributed by atoms with Crippen LogP contribution in [0.15, 0.2) is 29.6 Å². The van der Waals surface area contributed by atoms with E-state index in [1.54, 1.807) is 19.4 Å². The second-order valence-electron chi connectivity index (χ2n) is 6.30. The Bertz CT molecular complexity index is 766. The van der Waals surface area contributed by atoms with Crippen LogP contribution in [0, 0.1) is 0 Å². The largest absolute Gasteiger partial charge is 0.497 e. The molecule has 1 aliphatic carbocycles. The summed E-state index contributed by atoms with van der Waals surface area (Å²) in [5, 5.41) is 5.28. The van der Waals surface area contributed by atoms with Crippen LogP contribution in [0.5, 0.6) is 5.75 Å². The predicted octanol–water partition coefficient (Wildman–Crippen LogP) is 3.42. The van der Waals surface area contributed by atoms with Gasteiger partial charge in [-0.2, -0.15) is 0 Å². The molecule has 1 atom stereocenters. The van der Waals surface area contributed by atoms with E-state index in [9.17, 15) is 9.59 Å². The normalized spacial score (nSPS) is 15.5. The first kappa shape index (κ1) is 18.4. The second-order valence-corrected chi connectivity index (χ2v) is 7.16. The van der Waals surface area contributed by atoms with Crippen LogP contribution in [-0.4, -0.2) is 36.1 Å². The molecule has 1 amide bonds. The number of benzene rings is 1. The lowest BCUT2D eigenvalue weighted by atomic mass is 10.2. The third-order valence-electron chi connectivity index (χ3n) is 4.40. The lowest BCUT2D eigenvalue weighted by molar-refractivity contribution is -0.129. The van der Waals surface area contributed by atoms with Crippen molar-refractivity contribution in [1.82, 2.24) is 10.3 Å². The van der Waals surface area contributed by atoms with Crippen molar-refractivity contribution in [1.29, 1.82) is 0 Å². The van der Waals surface area contributed by atoms with Crippen LogP contribution in [0.3, 0.4) is 0 Å². The van der Waals surface area contributed by atoms with Crippen molar-refractivity contribution < 1.29 is 19.1 Å². The zero-order valence-electron chi connectivity index (χ0n) is 14.9. The van der Waals surface area contributed by atoms with Crippen molar-refractivity contribution >= 4 is 23.2 Å². The number of aromatic nitrogens is 1. The number of rotatable bonds is 6. The quantitative estimate of drug-likeness (QED) is 0.784. The van der Waals surface area contributed by atoms with E-state index in [-0.39, 0.29) is 17.6 Å². The monoisotopic (exact) mass is 374 g/mol. The fourth-order valence-corrected chi connectivity index (χ4v) is 3.69. The van der Waals surface area contributed by atoms with Crippen molar-refractivity contribution in [3.63, 3.8) is 0 Å². The lowest BCUT2D eigenvalue weighted by Crippen LogP contribution is -2.40. The summed E-state index contributed by atoms with van der Waals surface area (Å²) in [5.74, 6) is -0.0852. The average molecular weight is 374 g/mol. The molecule has 0 aliphatic heterocycles. The highest BCUT2D eigenvalue weighted by molar-refractivity contribution is 7.13. The van der Waals surface area contributed by atoms with Gasteiger partial charge in [0.2, 0.25) is 0 Å². The topological polar surface area (TPSA) is 77.5 Å². The highest BCUT2D eigenvalue weighted by atomic mass is 32.1. The van der Waals surface area contributed by atoms with E-state index in [0.29, 0.717) is 5.01 Å². The van der Waals surface area contributed by atoms with Gasteiger partial charge in [0.25, 0.3) is 5.91 Å². The van der Waals surface area contributed by atoms with Crippen molar-refractivity contribution in [3.05, 3.63) is 35.3 Å². The third kappa shape index (κ3) is 4.40. The molecule has 0 saturated heterocycles. The van der Waals surface area contributed by atoms with Gasteiger partial charge in [0.1, 0.15) is 10.8 Å². The average Bonchev–Trinajstić information content (AvgIpc) is 3.33. The van der Waals surface area contributed by atoms with Crippen molar-refractivity contribution in [2.24, 2.45) is 0 Å². The van der Waals surface area contributed by atoms with Crippen molar-refractivity contribution in [2.75, 3.05) is 7.11 Å².